The lowest BCUT2D eigenvalue weighted by atomic mass is 9.98. The Morgan fingerprint density at radius 3 is 2.52 bits per heavy atom. The number of fused-ring (bicyclic) bond motifs is 1. The standard InChI is InChI=1S/C34H38N4O5S/c1-22-12-14-27(23(2)18-22)38-34-31(32(36-38)24-10-7-6-8-11-24)33(26-19-25(42-4)13-15-28(26)43-5)44-21-30(40)37(34)20-29(39)35-16-9-17-41-3/h6-8,10-15,18-19,33H,9,16-17,20-21H2,1-5H3,(H,35,39)/t33-/m0/s1. The molecule has 0 unspecified atom stereocenters. The van der Waals surface area contributed by atoms with Crippen LogP contribution in [0, 0.1) is 13.8 Å². The molecule has 1 N–H and O–H groups in total. The molecule has 1 aliphatic heterocycles. The second-order valence-electron chi connectivity index (χ2n) is 10.6. The van der Waals surface area contributed by atoms with Gasteiger partial charge in [-0.3, -0.25) is 14.5 Å². The maximum absolute atomic E-state index is 14.0. The van der Waals surface area contributed by atoms with Crippen molar-refractivity contribution in [3.63, 3.8) is 0 Å². The first kappa shape index (κ1) is 31.2. The zero-order valence-electron chi connectivity index (χ0n) is 25.8. The number of ether oxygens (including phenoxy) is 3. The van der Waals surface area contributed by atoms with Gasteiger partial charge in [-0.1, -0.05) is 48.0 Å². The summed E-state index contributed by atoms with van der Waals surface area (Å²) in [5.41, 5.74) is 6.25. The molecule has 1 aliphatic rings. The van der Waals surface area contributed by atoms with Gasteiger partial charge in [0.2, 0.25) is 11.8 Å². The summed E-state index contributed by atoms with van der Waals surface area (Å²) < 4.78 is 18.4. The molecule has 0 saturated heterocycles. The van der Waals surface area contributed by atoms with E-state index in [0.29, 0.717) is 36.9 Å². The predicted molar refractivity (Wildman–Crippen MR) is 174 cm³/mol. The van der Waals surface area contributed by atoms with Gasteiger partial charge >= 0.3 is 0 Å². The molecule has 0 aliphatic carbocycles. The number of benzene rings is 3. The number of aryl methyl sites for hydroxylation is 2. The molecule has 44 heavy (non-hydrogen) atoms. The fraction of sp³-hybridized carbons (Fsp3) is 0.324. The van der Waals surface area contributed by atoms with E-state index in [2.05, 4.69) is 11.4 Å². The zero-order valence-corrected chi connectivity index (χ0v) is 26.6. The van der Waals surface area contributed by atoms with E-state index in [1.54, 1.807) is 26.2 Å². The molecule has 1 atom stereocenters. The van der Waals surface area contributed by atoms with Crippen molar-refractivity contribution in [2.24, 2.45) is 0 Å². The SMILES string of the molecule is COCCCNC(=O)CN1C(=O)CS[C@@H](c2cc(OC)ccc2OC)c2c(-c3ccccc3)nn(-c3ccc(C)cc3C)c21. The molecule has 230 valence electrons. The Balaban J connectivity index is 1.78. The molecule has 9 nitrogen and oxygen atoms in total. The molecule has 3 aromatic carbocycles. The van der Waals surface area contributed by atoms with Crippen molar-refractivity contribution in [1.82, 2.24) is 15.1 Å². The molecule has 4 aromatic rings. The number of nitrogens with one attached hydrogen (secondary N) is 1. The van der Waals surface area contributed by atoms with Gasteiger partial charge < -0.3 is 19.5 Å². The molecule has 2 heterocycles. The zero-order chi connectivity index (χ0) is 31.2. The number of anilines is 1. The van der Waals surface area contributed by atoms with Gasteiger partial charge in [-0.2, -0.15) is 5.10 Å². The van der Waals surface area contributed by atoms with Crippen molar-refractivity contribution >= 4 is 29.4 Å². The van der Waals surface area contributed by atoms with Gasteiger partial charge in [0.1, 0.15) is 23.9 Å². The maximum atomic E-state index is 14.0. The number of carbonyl (C=O) groups is 2. The summed E-state index contributed by atoms with van der Waals surface area (Å²) >= 11 is 1.49. The Kier molecular flexibility index (Phi) is 9.92. The van der Waals surface area contributed by atoms with Crippen LogP contribution in [0.3, 0.4) is 0 Å². The third kappa shape index (κ3) is 6.46. The van der Waals surface area contributed by atoms with Gasteiger partial charge in [-0.05, 0) is 50.1 Å². The third-order valence-electron chi connectivity index (χ3n) is 7.59. The van der Waals surface area contributed by atoms with Crippen LogP contribution in [-0.2, 0) is 14.3 Å². The minimum atomic E-state index is -0.358. The highest BCUT2D eigenvalue weighted by Gasteiger charge is 2.39. The van der Waals surface area contributed by atoms with E-state index in [9.17, 15) is 9.59 Å². The smallest absolute Gasteiger partial charge is 0.240 e. The molecule has 0 spiro atoms. The van der Waals surface area contributed by atoms with Crippen LogP contribution in [0.2, 0.25) is 0 Å². The Bertz CT molecular complexity index is 1640. The summed E-state index contributed by atoms with van der Waals surface area (Å²) in [6.07, 6.45) is 0.674. The van der Waals surface area contributed by atoms with Crippen molar-refractivity contribution in [3.8, 4) is 28.4 Å². The van der Waals surface area contributed by atoms with E-state index in [-0.39, 0.29) is 29.4 Å². The van der Waals surface area contributed by atoms with Crippen LogP contribution >= 0.6 is 11.8 Å². The summed E-state index contributed by atoms with van der Waals surface area (Å²) in [7, 11) is 4.89. The summed E-state index contributed by atoms with van der Waals surface area (Å²) in [4.78, 5) is 28.9. The number of methoxy groups -OCH3 is 3. The number of hydrogen-bond donors (Lipinski definition) is 1. The fourth-order valence-electron chi connectivity index (χ4n) is 5.47. The van der Waals surface area contributed by atoms with E-state index in [4.69, 9.17) is 19.3 Å². The van der Waals surface area contributed by atoms with Gasteiger partial charge in [0.05, 0.1) is 36.6 Å². The lowest BCUT2D eigenvalue weighted by Gasteiger charge is -2.24. The van der Waals surface area contributed by atoms with E-state index in [1.165, 1.54) is 11.8 Å². The molecular weight excluding hydrogens is 576 g/mol. The number of aromatic nitrogens is 2. The van der Waals surface area contributed by atoms with E-state index in [1.807, 2.05) is 79.2 Å². The van der Waals surface area contributed by atoms with E-state index in [0.717, 1.165) is 39.2 Å². The number of hydrogen-bond acceptors (Lipinski definition) is 7. The second kappa shape index (κ2) is 14.0. The Hall–Kier alpha value is -4.28. The number of amides is 2. The Morgan fingerprint density at radius 1 is 1.02 bits per heavy atom. The van der Waals surface area contributed by atoms with Crippen molar-refractivity contribution in [2.45, 2.75) is 25.5 Å². The van der Waals surface area contributed by atoms with Crippen LogP contribution in [0.4, 0.5) is 5.82 Å². The molecular formula is C34H38N4O5S. The van der Waals surface area contributed by atoms with Gasteiger partial charge in [-0.25, -0.2) is 4.68 Å². The van der Waals surface area contributed by atoms with Crippen LogP contribution in [0.25, 0.3) is 16.9 Å². The molecule has 0 saturated carbocycles. The van der Waals surface area contributed by atoms with Crippen LogP contribution in [-0.4, -0.2) is 68.4 Å². The van der Waals surface area contributed by atoms with Gasteiger partial charge in [0.25, 0.3) is 0 Å². The van der Waals surface area contributed by atoms with Crippen molar-refractivity contribution in [2.75, 3.05) is 51.7 Å². The summed E-state index contributed by atoms with van der Waals surface area (Å²) in [5.74, 6) is 1.62. The minimum absolute atomic E-state index is 0.147. The topological polar surface area (TPSA) is 94.9 Å². The highest BCUT2D eigenvalue weighted by atomic mass is 32.2. The minimum Gasteiger partial charge on any atom is -0.497 e. The lowest BCUT2D eigenvalue weighted by molar-refractivity contribution is -0.122. The molecule has 0 fully saturated rings. The average molecular weight is 615 g/mol. The average Bonchev–Trinajstić information content (AvgIpc) is 3.35. The number of nitrogens with zero attached hydrogens (tertiary/aromatic N) is 3. The first-order valence-electron chi connectivity index (χ1n) is 14.5. The second-order valence-corrected chi connectivity index (χ2v) is 11.7. The lowest BCUT2D eigenvalue weighted by Crippen LogP contribution is -2.42. The Labute approximate surface area is 262 Å². The molecule has 0 bridgehead atoms. The monoisotopic (exact) mass is 614 g/mol. The fourth-order valence-corrected chi connectivity index (χ4v) is 6.69. The van der Waals surface area contributed by atoms with E-state index >= 15 is 0 Å². The summed E-state index contributed by atoms with van der Waals surface area (Å²) in [6, 6.07) is 21.7. The van der Waals surface area contributed by atoms with Crippen LogP contribution in [0.5, 0.6) is 11.5 Å². The molecule has 10 heteroatoms. The quantitative estimate of drug-likeness (QED) is 0.223. The first-order chi connectivity index (χ1) is 21.4. The third-order valence-corrected chi connectivity index (χ3v) is 8.82. The predicted octanol–water partition coefficient (Wildman–Crippen LogP) is 5.50. The molecule has 0 radical (unpaired) electrons. The van der Waals surface area contributed by atoms with Crippen LogP contribution in [0.1, 0.15) is 33.9 Å². The molecule has 2 amide bonds. The molecule has 5 rings (SSSR count). The van der Waals surface area contributed by atoms with E-state index < -0.39 is 0 Å². The number of carbonyl (C=O) groups excluding carboxylic acids is 2. The van der Waals surface area contributed by atoms with Crippen molar-refractivity contribution in [1.29, 1.82) is 0 Å². The Morgan fingerprint density at radius 2 is 1.82 bits per heavy atom. The van der Waals surface area contributed by atoms with Crippen molar-refractivity contribution < 1.29 is 23.8 Å². The highest BCUT2D eigenvalue weighted by molar-refractivity contribution is 8.00. The van der Waals surface area contributed by atoms with Gasteiger partial charge in [0.15, 0.2) is 0 Å². The number of rotatable bonds is 11. The summed E-state index contributed by atoms with van der Waals surface area (Å²) in [5, 5.41) is 7.79. The first-order valence-corrected chi connectivity index (χ1v) is 15.6. The van der Waals surface area contributed by atoms with Gasteiger partial charge in [-0.15, -0.1) is 11.8 Å². The molecule has 1 aromatic heterocycles. The highest BCUT2D eigenvalue weighted by Crippen LogP contribution is 2.51. The normalized spacial score (nSPS) is 14.6. The van der Waals surface area contributed by atoms with Crippen LogP contribution in [0.15, 0.2) is 66.7 Å². The summed E-state index contributed by atoms with van der Waals surface area (Å²) in [6.45, 7) is 4.91. The largest absolute Gasteiger partial charge is 0.497 e. The maximum Gasteiger partial charge on any atom is 0.240 e. The number of thioether (sulfide) groups is 1. The van der Waals surface area contributed by atoms with Gasteiger partial charge in [0, 0.05) is 37.0 Å². The van der Waals surface area contributed by atoms with Crippen LogP contribution < -0.4 is 19.7 Å². The van der Waals surface area contributed by atoms with Crippen molar-refractivity contribution in [3.05, 3.63) is 89.0 Å².